The van der Waals surface area contributed by atoms with E-state index in [1.165, 1.54) is 76.8 Å². The van der Waals surface area contributed by atoms with Crippen LogP contribution in [0, 0.1) is 0 Å². The van der Waals surface area contributed by atoms with Crippen molar-refractivity contribution in [3.05, 3.63) is 182 Å². The number of fused-ring (bicyclic) bond motifs is 7. The third-order valence-corrected chi connectivity index (χ3v) is 10.0. The average molecular weight is 623 g/mol. The fourth-order valence-electron chi connectivity index (χ4n) is 7.65. The van der Waals surface area contributed by atoms with Crippen LogP contribution in [0.4, 0.5) is 0 Å². The van der Waals surface area contributed by atoms with E-state index in [4.69, 9.17) is 4.42 Å². The van der Waals surface area contributed by atoms with Crippen LogP contribution in [0.25, 0.3) is 98.8 Å². The molecule has 0 aliphatic rings. The first kappa shape index (κ1) is 27.7. The molecule has 1 heterocycles. The Morgan fingerprint density at radius 3 is 1.69 bits per heavy atom. The molecule has 0 atom stereocenters. The summed E-state index contributed by atoms with van der Waals surface area (Å²) in [6.07, 6.45) is 0. The maximum Gasteiger partial charge on any atom is 0.136 e. The van der Waals surface area contributed by atoms with Crippen molar-refractivity contribution < 1.29 is 4.42 Å². The van der Waals surface area contributed by atoms with E-state index in [0.29, 0.717) is 0 Å². The van der Waals surface area contributed by atoms with Gasteiger partial charge in [0.1, 0.15) is 11.2 Å². The van der Waals surface area contributed by atoms with Crippen LogP contribution in [0.3, 0.4) is 0 Å². The molecule has 9 aromatic carbocycles. The van der Waals surface area contributed by atoms with Gasteiger partial charge in [-0.05, 0) is 125 Å². The zero-order valence-corrected chi connectivity index (χ0v) is 26.7. The molecule has 0 radical (unpaired) electrons. The smallest absolute Gasteiger partial charge is 0.136 e. The molecule has 0 fully saturated rings. The van der Waals surface area contributed by atoms with Gasteiger partial charge in [-0.3, -0.25) is 0 Å². The fourth-order valence-corrected chi connectivity index (χ4v) is 7.65. The first-order valence-corrected chi connectivity index (χ1v) is 16.8. The van der Waals surface area contributed by atoms with Gasteiger partial charge in [0.2, 0.25) is 0 Å². The monoisotopic (exact) mass is 622 g/mol. The highest BCUT2D eigenvalue weighted by molar-refractivity contribution is 6.16. The van der Waals surface area contributed by atoms with Crippen LogP contribution in [0.1, 0.15) is 0 Å². The molecule has 1 heteroatoms. The summed E-state index contributed by atoms with van der Waals surface area (Å²) >= 11 is 0. The topological polar surface area (TPSA) is 13.1 Å². The summed E-state index contributed by atoms with van der Waals surface area (Å²) in [7, 11) is 0. The van der Waals surface area contributed by atoms with Crippen molar-refractivity contribution in [1.82, 2.24) is 0 Å². The molecule has 1 aromatic heterocycles. The summed E-state index contributed by atoms with van der Waals surface area (Å²) < 4.78 is 6.33. The molecule has 49 heavy (non-hydrogen) atoms. The Bertz CT molecular complexity index is 2870. The Labute approximate surface area is 284 Å². The molecular formula is C48H30O. The molecule has 0 saturated heterocycles. The van der Waals surface area contributed by atoms with Crippen LogP contribution >= 0.6 is 0 Å². The average Bonchev–Trinajstić information content (AvgIpc) is 3.56. The Hall–Kier alpha value is -6.44. The van der Waals surface area contributed by atoms with Crippen LogP contribution in [-0.4, -0.2) is 0 Å². The number of hydrogen-bond donors (Lipinski definition) is 0. The van der Waals surface area contributed by atoms with Gasteiger partial charge in [0.15, 0.2) is 0 Å². The van der Waals surface area contributed by atoms with Crippen molar-refractivity contribution in [3.63, 3.8) is 0 Å². The van der Waals surface area contributed by atoms with Crippen molar-refractivity contribution in [2.75, 3.05) is 0 Å². The van der Waals surface area contributed by atoms with Crippen LogP contribution in [0.5, 0.6) is 0 Å². The highest BCUT2D eigenvalue weighted by atomic mass is 16.3. The maximum atomic E-state index is 6.33. The molecule has 0 N–H and O–H groups in total. The van der Waals surface area contributed by atoms with Gasteiger partial charge in [0, 0.05) is 10.8 Å². The molecular weight excluding hydrogens is 593 g/mol. The molecule has 0 saturated carbocycles. The van der Waals surface area contributed by atoms with Gasteiger partial charge in [-0.1, -0.05) is 133 Å². The lowest BCUT2D eigenvalue weighted by atomic mass is 9.88. The SMILES string of the molecule is c1ccc(-c2cc(-c3cc(-c4cccc5oc6ccccc6c45)c4ccccc4c3)cc(-c3ccc4c(ccc5ccccc54)c3)c2)cc1. The first-order valence-electron chi connectivity index (χ1n) is 16.8. The first-order chi connectivity index (χ1) is 24.3. The van der Waals surface area contributed by atoms with Gasteiger partial charge in [0.05, 0.1) is 0 Å². The van der Waals surface area contributed by atoms with Crippen molar-refractivity contribution in [1.29, 1.82) is 0 Å². The highest BCUT2D eigenvalue weighted by Crippen LogP contribution is 2.42. The van der Waals surface area contributed by atoms with Gasteiger partial charge < -0.3 is 4.42 Å². The van der Waals surface area contributed by atoms with E-state index in [2.05, 4.69) is 176 Å². The van der Waals surface area contributed by atoms with Crippen LogP contribution in [0.15, 0.2) is 186 Å². The van der Waals surface area contributed by atoms with Crippen LogP contribution in [-0.2, 0) is 0 Å². The third kappa shape index (κ3) is 4.63. The highest BCUT2D eigenvalue weighted by Gasteiger charge is 2.16. The van der Waals surface area contributed by atoms with Gasteiger partial charge in [0.25, 0.3) is 0 Å². The molecule has 0 unspecified atom stereocenters. The Morgan fingerprint density at radius 1 is 0.265 bits per heavy atom. The summed E-state index contributed by atoms with van der Waals surface area (Å²) in [5.74, 6) is 0. The molecule has 10 rings (SSSR count). The molecule has 0 spiro atoms. The van der Waals surface area contributed by atoms with E-state index >= 15 is 0 Å². The van der Waals surface area contributed by atoms with Gasteiger partial charge >= 0.3 is 0 Å². The minimum Gasteiger partial charge on any atom is -0.456 e. The van der Waals surface area contributed by atoms with E-state index in [9.17, 15) is 0 Å². The van der Waals surface area contributed by atoms with Crippen molar-refractivity contribution in [3.8, 4) is 44.5 Å². The predicted octanol–water partition coefficient (Wildman–Crippen LogP) is 13.7. The van der Waals surface area contributed by atoms with E-state index in [1.54, 1.807) is 0 Å². The molecule has 0 aliphatic heterocycles. The lowest BCUT2D eigenvalue weighted by molar-refractivity contribution is 0.669. The molecule has 1 nitrogen and oxygen atoms in total. The lowest BCUT2D eigenvalue weighted by Crippen LogP contribution is -1.89. The summed E-state index contributed by atoms with van der Waals surface area (Å²) in [6, 6.07) is 66.0. The molecule has 0 aliphatic carbocycles. The van der Waals surface area contributed by atoms with Gasteiger partial charge in [-0.25, -0.2) is 0 Å². The number of para-hydroxylation sites is 1. The second kappa shape index (κ2) is 11.1. The standard InChI is InChI=1S/C48H30O/c1-2-11-31(12-3-1)36-27-37(33-23-24-42-35(25-33)22-21-32-13-4-6-15-40(32)42)29-38(28-36)39-26-34-14-5-7-16-41(34)45(30-39)43-18-10-20-47-48(43)44-17-8-9-19-46(44)49-47/h1-30H. The summed E-state index contributed by atoms with van der Waals surface area (Å²) in [6.45, 7) is 0. The van der Waals surface area contributed by atoms with Gasteiger partial charge in [-0.15, -0.1) is 0 Å². The number of benzene rings is 9. The summed E-state index contributed by atoms with van der Waals surface area (Å²) in [4.78, 5) is 0. The number of hydrogen-bond acceptors (Lipinski definition) is 1. The summed E-state index contributed by atoms with van der Waals surface area (Å²) in [5.41, 5.74) is 11.4. The number of furan rings is 1. The van der Waals surface area contributed by atoms with Crippen LogP contribution in [0.2, 0.25) is 0 Å². The molecule has 0 amide bonds. The second-order valence-electron chi connectivity index (χ2n) is 12.9. The summed E-state index contributed by atoms with van der Waals surface area (Å²) in [5, 5.41) is 9.81. The molecule has 228 valence electrons. The zero-order chi connectivity index (χ0) is 32.3. The molecule has 10 aromatic rings. The zero-order valence-electron chi connectivity index (χ0n) is 26.7. The van der Waals surface area contributed by atoms with E-state index in [0.717, 1.165) is 21.9 Å². The predicted molar refractivity (Wildman–Crippen MR) is 208 cm³/mol. The van der Waals surface area contributed by atoms with E-state index in [-0.39, 0.29) is 0 Å². The largest absolute Gasteiger partial charge is 0.456 e. The van der Waals surface area contributed by atoms with Crippen molar-refractivity contribution in [2.24, 2.45) is 0 Å². The maximum absolute atomic E-state index is 6.33. The second-order valence-corrected chi connectivity index (χ2v) is 12.9. The minimum atomic E-state index is 0.908. The van der Waals surface area contributed by atoms with E-state index in [1.807, 2.05) is 6.07 Å². The van der Waals surface area contributed by atoms with Gasteiger partial charge in [-0.2, -0.15) is 0 Å². The Balaban J connectivity index is 1.21. The van der Waals surface area contributed by atoms with Crippen molar-refractivity contribution in [2.45, 2.75) is 0 Å². The normalized spacial score (nSPS) is 11.7. The molecule has 0 bridgehead atoms. The third-order valence-electron chi connectivity index (χ3n) is 10.0. The van der Waals surface area contributed by atoms with Crippen molar-refractivity contribution >= 4 is 54.3 Å². The lowest BCUT2D eigenvalue weighted by Gasteiger charge is -2.15. The van der Waals surface area contributed by atoms with Crippen LogP contribution < -0.4 is 0 Å². The number of rotatable bonds is 4. The quantitative estimate of drug-likeness (QED) is 0.178. The minimum absolute atomic E-state index is 0.908. The van der Waals surface area contributed by atoms with E-state index < -0.39 is 0 Å². The fraction of sp³-hybridized carbons (Fsp3) is 0. The Kier molecular flexibility index (Phi) is 6.25. The Morgan fingerprint density at radius 2 is 0.837 bits per heavy atom.